The molecule has 1 aromatic heterocycles. The van der Waals surface area contributed by atoms with E-state index in [0.29, 0.717) is 17.0 Å². The summed E-state index contributed by atoms with van der Waals surface area (Å²) in [7, 11) is -3.73. The zero-order valence-electron chi connectivity index (χ0n) is 12.6. The maximum Gasteiger partial charge on any atom is 0.333 e. The van der Waals surface area contributed by atoms with Gasteiger partial charge >= 0.3 is 16.1 Å². The summed E-state index contributed by atoms with van der Waals surface area (Å²) in [6.45, 7) is 3.57. The van der Waals surface area contributed by atoms with E-state index in [0.717, 1.165) is 11.8 Å². The molecule has 0 aliphatic rings. The predicted octanol–water partition coefficient (Wildman–Crippen LogP) is 2.10. The van der Waals surface area contributed by atoms with Gasteiger partial charge in [0.05, 0.1) is 24.3 Å². The molecule has 2 aromatic rings. The zero-order chi connectivity index (χ0) is 16.3. The van der Waals surface area contributed by atoms with Gasteiger partial charge in [-0.25, -0.2) is 0 Å². The van der Waals surface area contributed by atoms with Crippen molar-refractivity contribution >= 4 is 10.1 Å². The van der Waals surface area contributed by atoms with Gasteiger partial charge in [-0.2, -0.15) is 18.4 Å². The molecule has 0 saturated carbocycles. The minimum atomic E-state index is -3.73. The third kappa shape index (κ3) is 3.80. The quantitative estimate of drug-likeness (QED) is 0.848. The molecule has 0 spiro atoms. The van der Waals surface area contributed by atoms with Crippen molar-refractivity contribution in [3.05, 3.63) is 41.6 Å². The second-order valence-corrected chi connectivity index (χ2v) is 6.76. The van der Waals surface area contributed by atoms with Crippen molar-refractivity contribution in [1.29, 1.82) is 0 Å². The number of hydrogen-bond donors (Lipinski definition) is 1. The molecular weight excluding hydrogens is 304 g/mol. The molecule has 0 aliphatic heterocycles. The van der Waals surface area contributed by atoms with E-state index >= 15 is 0 Å². The Bertz CT molecular complexity index is 759. The second-order valence-electron chi connectivity index (χ2n) is 5.18. The van der Waals surface area contributed by atoms with E-state index in [1.807, 2.05) is 44.2 Å². The number of rotatable bonds is 5. The fourth-order valence-corrected chi connectivity index (χ4v) is 2.47. The highest BCUT2D eigenvalue weighted by Gasteiger charge is 2.19. The lowest BCUT2D eigenvalue weighted by Crippen LogP contribution is -2.13. The predicted molar refractivity (Wildman–Crippen MR) is 83.0 cm³/mol. The maximum absolute atomic E-state index is 11.3. The van der Waals surface area contributed by atoms with Crippen LogP contribution in [0.5, 0.6) is 6.01 Å². The first-order chi connectivity index (χ1) is 10.3. The lowest BCUT2D eigenvalue weighted by molar-refractivity contribution is 0.279. The Hall–Kier alpha value is -1.99. The Balaban J connectivity index is 2.69. The number of aromatic nitrogens is 2. The van der Waals surface area contributed by atoms with Gasteiger partial charge in [0.1, 0.15) is 0 Å². The highest BCUT2D eigenvalue weighted by molar-refractivity contribution is 7.86. The minimum Gasteiger partial charge on any atom is -0.392 e. The molecule has 1 heterocycles. The Kier molecular flexibility index (Phi) is 4.77. The fraction of sp³-hybridized carbons (Fsp3) is 0.333. The normalized spacial score (nSPS) is 11.7. The van der Waals surface area contributed by atoms with E-state index in [4.69, 9.17) is 4.18 Å². The molecule has 0 unspecified atom stereocenters. The molecule has 1 aromatic carbocycles. The van der Waals surface area contributed by atoms with Crippen LogP contribution in [-0.4, -0.2) is 29.7 Å². The van der Waals surface area contributed by atoms with Gasteiger partial charge in [-0.3, -0.25) is 0 Å². The van der Waals surface area contributed by atoms with Crippen LogP contribution in [0.4, 0.5) is 0 Å². The summed E-state index contributed by atoms with van der Waals surface area (Å²) in [5, 5.41) is 9.69. The molecule has 0 aliphatic carbocycles. The van der Waals surface area contributed by atoms with Gasteiger partial charge in [0, 0.05) is 11.1 Å². The summed E-state index contributed by atoms with van der Waals surface area (Å²) in [4.78, 5) is 8.31. The summed E-state index contributed by atoms with van der Waals surface area (Å²) < 4.78 is 27.5. The van der Waals surface area contributed by atoms with Crippen molar-refractivity contribution in [2.45, 2.75) is 26.4 Å². The molecule has 0 radical (unpaired) electrons. The van der Waals surface area contributed by atoms with Crippen molar-refractivity contribution in [1.82, 2.24) is 9.97 Å². The summed E-state index contributed by atoms with van der Waals surface area (Å²) >= 11 is 0. The third-order valence-corrected chi connectivity index (χ3v) is 3.45. The van der Waals surface area contributed by atoms with Crippen LogP contribution in [0.25, 0.3) is 11.3 Å². The molecule has 6 nitrogen and oxygen atoms in total. The number of aliphatic hydroxyl groups is 1. The smallest absolute Gasteiger partial charge is 0.333 e. The molecule has 22 heavy (non-hydrogen) atoms. The second kappa shape index (κ2) is 6.41. The molecular formula is C15H18N2O4S. The van der Waals surface area contributed by atoms with Crippen molar-refractivity contribution in [3.63, 3.8) is 0 Å². The minimum absolute atomic E-state index is 0.0190. The largest absolute Gasteiger partial charge is 0.392 e. The van der Waals surface area contributed by atoms with Crippen LogP contribution in [0, 0.1) is 0 Å². The highest BCUT2D eigenvalue weighted by Crippen LogP contribution is 2.29. The molecule has 1 N–H and O–H groups in total. The van der Waals surface area contributed by atoms with Crippen LogP contribution >= 0.6 is 0 Å². The first kappa shape index (κ1) is 16.4. The summed E-state index contributed by atoms with van der Waals surface area (Å²) in [5.41, 5.74) is 2.37. The van der Waals surface area contributed by atoms with Crippen LogP contribution in [0.3, 0.4) is 0 Å². The van der Waals surface area contributed by atoms with Crippen LogP contribution in [0.2, 0.25) is 0 Å². The molecule has 0 amide bonds. The standard InChI is InChI=1S/C15H18N2O4S/c1-10(2)13-12(9-18)14(11-7-5-4-6-8-11)17-15(16-13)21-22(3,19)20/h4-8,10,18H,9H2,1-3H3. The first-order valence-corrected chi connectivity index (χ1v) is 8.60. The van der Waals surface area contributed by atoms with Crippen molar-refractivity contribution in [2.24, 2.45) is 0 Å². The van der Waals surface area contributed by atoms with Crippen molar-refractivity contribution in [2.75, 3.05) is 6.26 Å². The Labute approximate surface area is 129 Å². The van der Waals surface area contributed by atoms with Gasteiger partial charge in [-0.15, -0.1) is 0 Å². The number of benzene rings is 1. The molecule has 0 atom stereocenters. The summed E-state index contributed by atoms with van der Waals surface area (Å²) in [6.07, 6.45) is 0.938. The summed E-state index contributed by atoms with van der Waals surface area (Å²) in [5.74, 6) is -0.0190. The Morgan fingerprint density at radius 3 is 2.32 bits per heavy atom. The van der Waals surface area contributed by atoms with E-state index in [9.17, 15) is 13.5 Å². The molecule has 118 valence electrons. The number of hydrogen-bond acceptors (Lipinski definition) is 6. The van der Waals surface area contributed by atoms with Gasteiger partial charge in [-0.05, 0) is 5.92 Å². The number of nitrogens with zero attached hydrogens (tertiary/aromatic N) is 2. The Morgan fingerprint density at radius 2 is 1.82 bits per heavy atom. The Morgan fingerprint density at radius 1 is 1.18 bits per heavy atom. The van der Waals surface area contributed by atoms with Crippen LogP contribution in [0.15, 0.2) is 30.3 Å². The van der Waals surface area contributed by atoms with Gasteiger partial charge in [0.15, 0.2) is 0 Å². The highest BCUT2D eigenvalue weighted by atomic mass is 32.2. The third-order valence-electron chi connectivity index (χ3n) is 3.00. The van der Waals surface area contributed by atoms with Crippen LogP contribution < -0.4 is 4.18 Å². The fourth-order valence-electron chi connectivity index (χ4n) is 2.12. The van der Waals surface area contributed by atoms with E-state index in [1.165, 1.54) is 0 Å². The molecule has 0 saturated heterocycles. The average Bonchev–Trinajstić information content (AvgIpc) is 2.45. The topological polar surface area (TPSA) is 89.4 Å². The molecule has 0 bridgehead atoms. The van der Waals surface area contributed by atoms with Gasteiger partial charge in [0.25, 0.3) is 0 Å². The first-order valence-electron chi connectivity index (χ1n) is 6.78. The molecule has 0 fully saturated rings. The van der Waals surface area contributed by atoms with Gasteiger partial charge in [-0.1, -0.05) is 44.2 Å². The monoisotopic (exact) mass is 322 g/mol. The van der Waals surface area contributed by atoms with Crippen LogP contribution in [-0.2, 0) is 16.7 Å². The van der Waals surface area contributed by atoms with E-state index in [-0.39, 0.29) is 18.5 Å². The van der Waals surface area contributed by atoms with E-state index in [2.05, 4.69) is 9.97 Å². The summed E-state index contributed by atoms with van der Waals surface area (Å²) in [6, 6.07) is 8.96. The lowest BCUT2D eigenvalue weighted by Gasteiger charge is -2.15. The zero-order valence-corrected chi connectivity index (χ0v) is 13.5. The SMILES string of the molecule is CC(C)c1nc(OS(C)(=O)=O)nc(-c2ccccc2)c1CO. The van der Waals surface area contributed by atoms with Crippen LogP contribution in [0.1, 0.15) is 31.0 Å². The maximum atomic E-state index is 11.3. The molecule has 2 rings (SSSR count). The molecule has 7 heteroatoms. The lowest BCUT2D eigenvalue weighted by atomic mass is 9.99. The van der Waals surface area contributed by atoms with E-state index < -0.39 is 10.1 Å². The number of aliphatic hydroxyl groups excluding tert-OH is 1. The van der Waals surface area contributed by atoms with Crippen molar-refractivity contribution < 1.29 is 17.7 Å². The van der Waals surface area contributed by atoms with Gasteiger partial charge < -0.3 is 9.29 Å². The average molecular weight is 322 g/mol. The van der Waals surface area contributed by atoms with Gasteiger partial charge in [0.2, 0.25) is 0 Å². The van der Waals surface area contributed by atoms with E-state index in [1.54, 1.807) is 0 Å². The van der Waals surface area contributed by atoms with Crippen molar-refractivity contribution in [3.8, 4) is 17.3 Å².